The molecule has 7 heteroatoms. The lowest BCUT2D eigenvalue weighted by Gasteiger charge is -2.15. The molecule has 1 aromatic rings. The monoisotopic (exact) mass is 307 g/mol. The Labute approximate surface area is 129 Å². The van der Waals surface area contributed by atoms with E-state index < -0.39 is 4.92 Å². The average molecular weight is 307 g/mol. The van der Waals surface area contributed by atoms with Crippen molar-refractivity contribution in [2.75, 3.05) is 7.11 Å². The van der Waals surface area contributed by atoms with Crippen molar-refractivity contribution >= 4 is 11.6 Å². The van der Waals surface area contributed by atoms with Crippen molar-refractivity contribution in [1.29, 1.82) is 0 Å². The van der Waals surface area contributed by atoms with Gasteiger partial charge in [-0.2, -0.15) is 0 Å². The summed E-state index contributed by atoms with van der Waals surface area (Å²) in [7, 11) is 1.49. The number of ether oxygens (including phenoxy) is 1. The predicted octanol–water partition coefficient (Wildman–Crippen LogP) is 1.74. The molecule has 1 fully saturated rings. The van der Waals surface area contributed by atoms with Crippen LogP contribution in [-0.2, 0) is 11.3 Å². The van der Waals surface area contributed by atoms with Crippen LogP contribution in [0.4, 0.5) is 5.69 Å². The fourth-order valence-electron chi connectivity index (χ4n) is 2.84. The van der Waals surface area contributed by atoms with Crippen molar-refractivity contribution in [2.24, 2.45) is 11.7 Å². The van der Waals surface area contributed by atoms with Crippen LogP contribution in [0.5, 0.6) is 5.75 Å². The highest BCUT2D eigenvalue weighted by Gasteiger charge is 2.26. The fraction of sp³-hybridized carbons (Fsp3) is 0.533. The van der Waals surface area contributed by atoms with Crippen molar-refractivity contribution in [2.45, 2.75) is 38.3 Å². The second-order valence-corrected chi connectivity index (χ2v) is 5.59. The third-order valence-corrected chi connectivity index (χ3v) is 4.12. The number of nitrogens with two attached hydrogens (primary N) is 1. The summed E-state index contributed by atoms with van der Waals surface area (Å²) in [5, 5.41) is 13.6. The van der Waals surface area contributed by atoms with E-state index in [4.69, 9.17) is 10.5 Å². The summed E-state index contributed by atoms with van der Waals surface area (Å²) in [5.41, 5.74) is 6.52. The summed E-state index contributed by atoms with van der Waals surface area (Å²) in [6.07, 6.45) is 3.42. The van der Waals surface area contributed by atoms with Gasteiger partial charge in [-0.05, 0) is 24.8 Å². The number of carbonyl (C=O) groups excluding carboxylic acids is 1. The van der Waals surface area contributed by atoms with Crippen molar-refractivity contribution in [3.63, 3.8) is 0 Å². The molecule has 0 unspecified atom stereocenters. The van der Waals surface area contributed by atoms with Gasteiger partial charge >= 0.3 is 0 Å². The Morgan fingerprint density at radius 1 is 1.50 bits per heavy atom. The molecule has 3 N–H and O–H groups in total. The van der Waals surface area contributed by atoms with E-state index in [1.165, 1.54) is 25.3 Å². The molecule has 0 aliphatic heterocycles. The number of nitrogens with zero attached hydrogens (tertiary/aromatic N) is 1. The zero-order valence-electron chi connectivity index (χ0n) is 12.6. The van der Waals surface area contributed by atoms with Crippen LogP contribution in [0.2, 0.25) is 0 Å². The lowest BCUT2D eigenvalue weighted by atomic mass is 10.00. The number of rotatable bonds is 6. The molecule has 1 aromatic carbocycles. The van der Waals surface area contributed by atoms with E-state index in [0.717, 1.165) is 19.3 Å². The summed E-state index contributed by atoms with van der Waals surface area (Å²) in [6.45, 7) is 0.200. The minimum atomic E-state index is -0.470. The topological polar surface area (TPSA) is 107 Å². The van der Waals surface area contributed by atoms with Crippen molar-refractivity contribution in [3.8, 4) is 5.75 Å². The lowest BCUT2D eigenvalue weighted by Crippen LogP contribution is -2.31. The standard InChI is InChI=1S/C15H21N3O4/c1-22-14-6-5-12(18(20)21)7-11(14)9-17-15(19)8-10-3-2-4-13(10)16/h5-7,10,13H,2-4,8-9,16H2,1H3,(H,17,19)/t10-,13+/m0/s1. The molecule has 0 saturated heterocycles. The van der Waals surface area contributed by atoms with Crippen LogP contribution in [0, 0.1) is 16.0 Å². The Kier molecular flexibility index (Phi) is 5.32. The van der Waals surface area contributed by atoms with Gasteiger partial charge in [0.1, 0.15) is 5.75 Å². The molecular weight excluding hydrogens is 286 g/mol. The lowest BCUT2D eigenvalue weighted by molar-refractivity contribution is -0.384. The first-order chi connectivity index (χ1) is 10.5. The smallest absolute Gasteiger partial charge is 0.270 e. The maximum Gasteiger partial charge on any atom is 0.270 e. The number of benzene rings is 1. The van der Waals surface area contributed by atoms with E-state index >= 15 is 0 Å². The summed E-state index contributed by atoms with van der Waals surface area (Å²) in [4.78, 5) is 22.3. The maximum atomic E-state index is 12.0. The first-order valence-corrected chi connectivity index (χ1v) is 7.35. The SMILES string of the molecule is COc1ccc([N+](=O)[O-])cc1CNC(=O)C[C@@H]1CCC[C@H]1N. The molecule has 1 saturated carbocycles. The van der Waals surface area contributed by atoms with Gasteiger partial charge in [0.15, 0.2) is 0 Å². The number of amides is 1. The highest BCUT2D eigenvalue weighted by atomic mass is 16.6. The van der Waals surface area contributed by atoms with Crippen molar-refractivity contribution < 1.29 is 14.5 Å². The van der Waals surface area contributed by atoms with Gasteiger partial charge in [0.25, 0.3) is 5.69 Å². The molecule has 120 valence electrons. The number of hydrogen-bond donors (Lipinski definition) is 2. The third-order valence-electron chi connectivity index (χ3n) is 4.12. The summed E-state index contributed by atoms with van der Waals surface area (Å²) >= 11 is 0. The van der Waals surface area contributed by atoms with Crippen LogP contribution in [-0.4, -0.2) is 24.0 Å². The number of methoxy groups -OCH3 is 1. The number of carbonyl (C=O) groups is 1. The molecule has 0 aromatic heterocycles. The van der Waals surface area contributed by atoms with Gasteiger partial charge in [0.2, 0.25) is 5.91 Å². The van der Waals surface area contributed by atoms with Gasteiger partial charge < -0.3 is 15.8 Å². The maximum absolute atomic E-state index is 12.0. The zero-order valence-corrected chi connectivity index (χ0v) is 12.6. The minimum absolute atomic E-state index is 0.0251. The molecule has 1 amide bonds. The Morgan fingerprint density at radius 2 is 2.27 bits per heavy atom. The number of hydrogen-bond acceptors (Lipinski definition) is 5. The molecule has 0 heterocycles. The van der Waals surface area contributed by atoms with Crippen LogP contribution in [0.15, 0.2) is 18.2 Å². The van der Waals surface area contributed by atoms with E-state index in [-0.39, 0.29) is 30.1 Å². The fourth-order valence-corrected chi connectivity index (χ4v) is 2.84. The van der Waals surface area contributed by atoms with Gasteiger partial charge in [0, 0.05) is 36.7 Å². The van der Waals surface area contributed by atoms with Gasteiger partial charge in [-0.15, -0.1) is 0 Å². The normalized spacial score (nSPS) is 20.6. The number of non-ortho nitro benzene ring substituents is 1. The van der Waals surface area contributed by atoms with Gasteiger partial charge in [-0.1, -0.05) is 6.42 Å². The molecule has 2 rings (SSSR count). The largest absolute Gasteiger partial charge is 0.496 e. The van der Waals surface area contributed by atoms with Gasteiger partial charge in [-0.3, -0.25) is 14.9 Å². The predicted molar refractivity (Wildman–Crippen MR) is 81.4 cm³/mol. The van der Waals surface area contributed by atoms with E-state index in [1.807, 2.05) is 0 Å². The van der Waals surface area contributed by atoms with Crippen LogP contribution >= 0.6 is 0 Å². The first kappa shape index (κ1) is 16.2. The van der Waals surface area contributed by atoms with E-state index in [2.05, 4.69) is 5.32 Å². The number of nitrogens with one attached hydrogen (secondary N) is 1. The van der Waals surface area contributed by atoms with Crippen LogP contribution in [0.25, 0.3) is 0 Å². The molecule has 1 aliphatic rings. The Hall–Kier alpha value is -2.15. The molecule has 2 atom stereocenters. The van der Waals surface area contributed by atoms with Crippen LogP contribution in [0.1, 0.15) is 31.2 Å². The quantitative estimate of drug-likeness (QED) is 0.615. The molecule has 7 nitrogen and oxygen atoms in total. The van der Waals surface area contributed by atoms with Crippen molar-refractivity contribution in [1.82, 2.24) is 5.32 Å². The zero-order chi connectivity index (χ0) is 16.1. The Bertz CT molecular complexity index is 562. The second kappa shape index (κ2) is 7.22. The summed E-state index contributed by atoms with van der Waals surface area (Å²) < 4.78 is 5.17. The second-order valence-electron chi connectivity index (χ2n) is 5.59. The highest BCUT2D eigenvalue weighted by molar-refractivity contribution is 5.76. The molecule has 0 bridgehead atoms. The first-order valence-electron chi connectivity index (χ1n) is 7.35. The molecular formula is C15H21N3O4. The van der Waals surface area contributed by atoms with Gasteiger partial charge in [-0.25, -0.2) is 0 Å². The van der Waals surface area contributed by atoms with Crippen molar-refractivity contribution in [3.05, 3.63) is 33.9 Å². The Balaban J connectivity index is 1.96. The van der Waals surface area contributed by atoms with Gasteiger partial charge in [0.05, 0.1) is 12.0 Å². The highest BCUT2D eigenvalue weighted by Crippen LogP contribution is 2.27. The minimum Gasteiger partial charge on any atom is -0.496 e. The Morgan fingerprint density at radius 3 is 2.86 bits per heavy atom. The van der Waals surface area contributed by atoms with E-state index in [0.29, 0.717) is 17.7 Å². The van der Waals surface area contributed by atoms with Crippen LogP contribution in [0.3, 0.4) is 0 Å². The van der Waals surface area contributed by atoms with E-state index in [1.54, 1.807) is 0 Å². The molecule has 22 heavy (non-hydrogen) atoms. The summed E-state index contributed by atoms with van der Waals surface area (Å²) in [6, 6.07) is 4.42. The number of nitro groups is 1. The molecule has 0 radical (unpaired) electrons. The molecule has 0 spiro atoms. The van der Waals surface area contributed by atoms with Crippen LogP contribution < -0.4 is 15.8 Å². The summed E-state index contributed by atoms with van der Waals surface area (Å²) in [5.74, 6) is 0.659. The average Bonchev–Trinajstić information content (AvgIpc) is 2.90. The third kappa shape index (κ3) is 3.94. The molecule has 1 aliphatic carbocycles. The number of nitro benzene ring substituents is 1. The van der Waals surface area contributed by atoms with E-state index in [9.17, 15) is 14.9 Å².